The van der Waals surface area contributed by atoms with Gasteiger partial charge in [-0.05, 0) is 62.4 Å². The first-order valence-corrected chi connectivity index (χ1v) is 12.8. The lowest BCUT2D eigenvalue weighted by atomic mass is 10.00. The number of rotatable bonds is 7. The first kappa shape index (κ1) is 23.5. The molecule has 1 aromatic heterocycles. The van der Waals surface area contributed by atoms with Crippen LogP contribution in [0.25, 0.3) is 11.3 Å². The van der Waals surface area contributed by atoms with E-state index in [1.165, 1.54) is 19.2 Å². The summed E-state index contributed by atoms with van der Waals surface area (Å²) in [6.07, 6.45) is 4.21. The third kappa shape index (κ3) is 4.08. The second-order valence-electron chi connectivity index (χ2n) is 10.1. The lowest BCUT2D eigenvalue weighted by Crippen LogP contribution is -2.38. The maximum absolute atomic E-state index is 14.5. The van der Waals surface area contributed by atoms with Crippen molar-refractivity contribution >= 4 is 23.3 Å². The topological polar surface area (TPSA) is 64.8 Å². The Morgan fingerprint density at radius 1 is 1.25 bits per heavy atom. The summed E-state index contributed by atoms with van der Waals surface area (Å²) in [5, 5.41) is 5.09. The van der Waals surface area contributed by atoms with Crippen molar-refractivity contribution in [2.45, 2.75) is 57.3 Å². The van der Waals surface area contributed by atoms with E-state index in [2.05, 4.69) is 14.8 Å². The molecule has 0 N–H and O–H groups in total. The molecule has 36 heavy (non-hydrogen) atoms. The van der Waals surface area contributed by atoms with Crippen LogP contribution in [0.4, 0.5) is 10.1 Å². The number of carbonyl (C=O) groups excluding carboxylic acids is 1. The van der Waals surface area contributed by atoms with Crippen LogP contribution in [-0.2, 0) is 16.1 Å². The van der Waals surface area contributed by atoms with Crippen LogP contribution in [0.5, 0.6) is 0 Å². The van der Waals surface area contributed by atoms with Gasteiger partial charge in [-0.1, -0.05) is 28.9 Å². The standard InChI is InChI=1S/C28H28ClFN2O4/c1-15-4-3-5-22(29)25(15)26-21(27(36-31-26)16-6-7-16)14-35-24-12-19-10-17(24)13-32(19)18-8-9-20(23(30)11-18)28(33)34-2/h3-5,8-9,11,16-17,19,24H,6-7,10,12-14H2,1-2H3/t17-,19-,24+/m0/s1. The zero-order valence-corrected chi connectivity index (χ0v) is 21.1. The van der Waals surface area contributed by atoms with Crippen LogP contribution in [0.3, 0.4) is 0 Å². The number of benzene rings is 2. The van der Waals surface area contributed by atoms with E-state index in [-0.39, 0.29) is 17.7 Å². The summed E-state index contributed by atoms with van der Waals surface area (Å²) >= 11 is 6.56. The molecule has 0 amide bonds. The summed E-state index contributed by atoms with van der Waals surface area (Å²) in [5.74, 6) is 0.466. The molecule has 188 valence electrons. The van der Waals surface area contributed by atoms with Gasteiger partial charge in [0.05, 0.1) is 30.4 Å². The van der Waals surface area contributed by atoms with Crippen molar-refractivity contribution in [3.63, 3.8) is 0 Å². The minimum absolute atomic E-state index is 0.0448. The lowest BCUT2D eigenvalue weighted by molar-refractivity contribution is 0.0122. The molecular formula is C28H28ClFN2O4. The molecular weight excluding hydrogens is 483 g/mol. The van der Waals surface area contributed by atoms with Gasteiger partial charge in [-0.15, -0.1) is 0 Å². The van der Waals surface area contributed by atoms with Crippen molar-refractivity contribution < 1.29 is 23.2 Å². The summed E-state index contributed by atoms with van der Waals surface area (Å²) in [6, 6.07) is 10.9. The molecule has 2 bridgehead atoms. The number of nitrogens with zero attached hydrogens (tertiary/aromatic N) is 2. The summed E-state index contributed by atoms with van der Waals surface area (Å²) < 4.78 is 31.5. The maximum Gasteiger partial charge on any atom is 0.340 e. The third-order valence-corrected chi connectivity index (χ3v) is 8.15. The Morgan fingerprint density at radius 2 is 2.08 bits per heavy atom. The predicted octanol–water partition coefficient (Wildman–Crippen LogP) is 6.29. The molecule has 6 rings (SSSR count). The molecule has 2 heterocycles. The van der Waals surface area contributed by atoms with Crippen LogP contribution < -0.4 is 4.90 Å². The van der Waals surface area contributed by atoms with E-state index >= 15 is 0 Å². The molecule has 1 saturated heterocycles. The monoisotopic (exact) mass is 510 g/mol. The van der Waals surface area contributed by atoms with Gasteiger partial charge in [0.1, 0.15) is 17.3 Å². The average Bonchev–Trinajstić information content (AvgIpc) is 3.32. The molecule has 2 aromatic carbocycles. The molecule has 3 fully saturated rings. The number of hydrogen-bond donors (Lipinski definition) is 0. The summed E-state index contributed by atoms with van der Waals surface area (Å²) in [6.45, 7) is 3.26. The number of esters is 1. The Bertz CT molecular complexity index is 1300. The van der Waals surface area contributed by atoms with E-state index in [0.29, 0.717) is 23.5 Å². The Kier molecular flexibility index (Phi) is 6.00. The van der Waals surface area contributed by atoms with E-state index in [4.69, 9.17) is 20.9 Å². The molecule has 2 saturated carbocycles. The molecule has 0 radical (unpaired) electrons. The molecule has 6 nitrogen and oxygen atoms in total. The quantitative estimate of drug-likeness (QED) is 0.348. The number of methoxy groups -OCH3 is 1. The predicted molar refractivity (Wildman–Crippen MR) is 134 cm³/mol. The summed E-state index contributed by atoms with van der Waals surface area (Å²) in [5.41, 5.74) is 4.50. The van der Waals surface area contributed by atoms with Gasteiger partial charge in [-0.25, -0.2) is 9.18 Å². The van der Waals surface area contributed by atoms with E-state index < -0.39 is 11.8 Å². The van der Waals surface area contributed by atoms with Gasteiger partial charge >= 0.3 is 5.97 Å². The molecule has 0 spiro atoms. The van der Waals surface area contributed by atoms with Gasteiger partial charge < -0.3 is 18.9 Å². The van der Waals surface area contributed by atoms with Crippen LogP contribution in [0.2, 0.25) is 5.02 Å². The van der Waals surface area contributed by atoms with E-state index in [1.54, 1.807) is 6.07 Å². The zero-order chi connectivity index (χ0) is 25.0. The molecule has 3 aromatic rings. The van der Waals surface area contributed by atoms with Crippen LogP contribution in [0.15, 0.2) is 40.9 Å². The highest BCUT2D eigenvalue weighted by Crippen LogP contribution is 2.47. The molecule has 0 unspecified atom stereocenters. The minimum atomic E-state index is -0.666. The largest absolute Gasteiger partial charge is 0.465 e. The second kappa shape index (κ2) is 9.20. The van der Waals surface area contributed by atoms with Crippen LogP contribution >= 0.6 is 11.6 Å². The number of ether oxygens (including phenoxy) is 2. The number of hydrogen-bond acceptors (Lipinski definition) is 6. The Balaban J connectivity index is 1.17. The van der Waals surface area contributed by atoms with Crippen LogP contribution in [0.1, 0.15) is 58.8 Å². The SMILES string of the molecule is COC(=O)c1ccc(N2C[C@@H]3C[C@H]2C[C@H]3OCc2c(-c3c(C)cccc3Cl)noc2C2CC2)cc1F. The smallest absolute Gasteiger partial charge is 0.340 e. The maximum atomic E-state index is 14.5. The fraction of sp³-hybridized carbons (Fsp3) is 0.429. The van der Waals surface area contributed by atoms with Crippen LogP contribution in [-0.4, -0.2) is 36.9 Å². The fourth-order valence-corrected chi connectivity index (χ4v) is 6.14. The van der Waals surface area contributed by atoms with Crippen molar-refractivity contribution in [1.29, 1.82) is 0 Å². The molecule has 3 atom stereocenters. The second-order valence-corrected chi connectivity index (χ2v) is 10.5. The average molecular weight is 511 g/mol. The number of aromatic nitrogens is 1. The van der Waals surface area contributed by atoms with Crippen molar-refractivity contribution in [3.8, 4) is 11.3 Å². The Labute approximate surface area is 214 Å². The number of fused-ring (bicyclic) bond motifs is 2. The number of aryl methyl sites for hydroxylation is 1. The van der Waals surface area contributed by atoms with Gasteiger partial charge in [0.2, 0.25) is 0 Å². The van der Waals surface area contributed by atoms with Crippen molar-refractivity contribution in [2.24, 2.45) is 5.92 Å². The van der Waals surface area contributed by atoms with Crippen molar-refractivity contribution in [1.82, 2.24) is 5.16 Å². The van der Waals surface area contributed by atoms with Gasteiger partial charge in [0, 0.05) is 41.2 Å². The fourth-order valence-electron chi connectivity index (χ4n) is 5.83. The molecule has 8 heteroatoms. The third-order valence-electron chi connectivity index (χ3n) is 7.83. The number of anilines is 1. The number of carbonyl (C=O) groups is 1. The minimum Gasteiger partial charge on any atom is -0.465 e. The Hall–Kier alpha value is -2.90. The lowest BCUT2D eigenvalue weighted by Gasteiger charge is -2.33. The van der Waals surface area contributed by atoms with Gasteiger partial charge in [0.15, 0.2) is 0 Å². The van der Waals surface area contributed by atoms with E-state index in [9.17, 15) is 9.18 Å². The van der Waals surface area contributed by atoms with Gasteiger partial charge in [-0.2, -0.15) is 0 Å². The van der Waals surface area contributed by atoms with Gasteiger partial charge in [-0.3, -0.25) is 0 Å². The van der Waals surface area contributed by atoms with E-state index in [1.807, 2.05) is 25.1 Å². The van der Waals surface area contributed by atoms with E-state index in [0.717, 1.165) is 66.1 Å². The van der Waals surface area contributed by atoms with Crippen molar-refractivity contribution in [3.05, 3.63) is 69.7 Å². The first-order chi connectivity index (χ1) is 17.4. The summed E-state index contributed by atoms with van der Waals surface area (Å²) in [4.78, 5) is 13.9. The molecule has 2 aliphatic carbocycles. The number of halogens is 2. The van der Waals surface area contributed by atoms with Gasteiger partial charge in [0.25, 0.3) is 0 Å². The van der Waals surface area contributed by atoms with Crippen molar-refractivity contribution in [2.75, 3.05) is 18.6 Å². The Morgan fingerprint density at radius 3 is 2.75 bits per heavy atom. The van der Waals surface area contributed by atoms with Crippen LogP contribution in [0, 0.1) is 18.7 Å². The number of piperidine rings is 1. The summed E-state index contributed by atoms with van der Waals surface area (Å²) in [7, 11) is 1.25. The highest BCUT2D eigenvalue weighted by atomic mass is 35.5. The molecule has 1 aliphatic heterocycles. The molecule has 3 aliphatic rings. The highest BCUT2D eigenvalue weighted by Gasteiger charge is 2.46. The zero-order valence-electron chi connectivity index (χ0n) is 20.3. The normalized spacial score (nSPS) is 22.9. The first-order valence-electron chi connectivity index (χ1n) is 12.4. The highest BCUT2D eigenvalue weighted by molar-refractivity contribution is 6.33.